The van der Waals surface area contributed by atoms with E-state index in [1.54, 1.807) is 0 Å². The summed E-state index contributed by atoms with van der Waals surface area (Å²) in [5.74, 6) is 0. The molecule has 8 heteroatoms. The number of aliphatic imine (C=N–C) groups is 1. The average molecular weight is 452 g/mol. The number of aryl methyl sites for hydroxylation is 1. The van der Waals surface area contributed by atoms with Crippen molar-refractivity contribution in [2.75, 3.05) is 7.05 Å². The molecule has 1 atom stereocenters. The number of allylic oxidation sites excluding steroid dienone is 3. The van der Waals surface area contributed by atoms with E-state index in [2.05, 4.69) is 19.5 Å². The Balaban J connectivity index is 2.02. The Bertz CT molecular complexity index is 1070. The first-order chi connectivity index (χ1) is 14.1. The van der Waals surface area contributed by atoms with E-state index in [1.165, 1.54) is 7.05 Å². The lowest BCUT2D eigenvalue weighted by molar-refractivity contribution is -0.0960. The molecule has 1 aliphatic rings. The van der Waals surface area contributed by atoms with Crippen molar-refractivity contribution in [3.63, 3.8) is 0 Å². The van der Waals surface area contributed by atoms with E-state index >= 15 is 0 Å². The van der Waals surface area contributed by atoms with Crippen LogP contribution < -0.4 is 10.6 Å². The van der Waals surface area contributed by atoms with Gasteiger partial charge >= 0.3 is 6.18 Å². The highest BCUT2D eigenvalue weighted by atomic mass is 35.5. The van der Waals surface area contributed by atoms with Gasteiger partial charge in [-0.05, 0) is 54.1 Å². The Morgan fingerprint density at radius 1 is 1.27 bits per heavy atom. The van der Waals surface area contributed by atoms with Crippen molar-refractivity contribution in [1.82, 2.24) is 10.3 Å². The van der Waals surface area contributed by atoms with Crippen molar-refractivity contribution < 1.29 is 13.2 Å². The quantitative estimate of drug-likeness (QED) is 0.589. The lowest BCUT2D eigenvalue weighted by atomic mass is 10.0. The molecule has 0 saturated heterocycles. The van der Waals surface area contributed by atoms with Gasteiger partial charge in [0.25, 0.3) is 0 Å². The molecular weight excluding hydrogens is 430 g/mol. The number of halogens is 4. The zero-order chi connectivity index (χ0) is 22.1. The van der Waals surface area contributed by atoms with E-state index in [-0.39, 0.29) is 0 Å². The summed E-state index contributed by atoms with van der Waals surface area (Å²) in [4.78, 5) is 9.31. The fraction of sp³-hybridized carbons (Fsp3) is 0.273. The number of benzene rings is 1. The summed E-state index contributed by atoms with van der Waals surface area (Å²) >= 11 is 6.11. The predicted octanol–water partition coefficient (Wildman–Crippen LogP) is 5.73. The molecular formula is C22H22ClF3N3P. The Kier molecular flexibility index (Phi) is 6.68. The summed E-state index contributed by atoms with van der Waals surface area (Å²) < 4.78 is 39.5. The Hall–Kier alpha value is -2.17. The molecule has 0 amide bonds. The second kappa shape index (κ2) is 8.91. The maximum atomic E-state index is 13.2. The second-order valence-electron chi connectivity index (χ2n) is 6.98. The molecule has 30 heavy (non-hydrogen) atoms. The van der Waals surface area contributed by atoms with Crippen LogP contribution in [0.2, 0.25) is 5.02 Å². The number of nitrogens with zero attached hydrogens (tertiary/aromatic N) is 2. The Labute approximate surface area is 181 Å². The molecule has 1 aromatic heterocycles. The van der Waals surface area contributed by atoms with Crippen LogP contribution in [0.1, 0.15) is 31.0 Å². The highest BCUT2D eigenvalue weighted by Gasteiger charge is 2.34. The molecule has 0 aliphatic carbocycles. The molecule has 2 aromatic rings. The maximum Gasteiger partial charge on any atom is 0.430 e. The molecule has 2 heterocycles. The van der Waals surface area contributed by atoms with Gasteiger partial charge in [0.2, 0.25) is 0 Å². The zero-order valence-electron chi connectivity index (χ0n) is 16.9. The highest BCUT2D eigenvalue weighted by Crippen LogP contribution is 2.32. The third kappa shape index (κ3) is 4.76. The molecule has 0 bridgehead atoms. The second-order valence-corrected chi connectivity index (χ2v) is 8.01. The standard InChI is InChI=1S/C22H22ClF3N3P/c1-4-13-9-18(28-17(13)11-20(27-3)22(24,25)26)21-12(2)5-8-16(29-21)14-6-7-15(23)19(30)10-14/h5-8,10-11,27H,4,9,30H2,1-3H3/b20-11-. The topological polar surface area (TPSA) is 37.3 Å². The first-order valence-corrected chi connectivity index (χ1v) is 10.4. The van der Waals surface area contributed by atoms with Crippen molar-refractivity contribution >= 4 is 31.9 Å². The van der Waals surface area contributed by atoms with Gasteiger partial charge in [-0.25, -0.2) is 4.98 Å². The number of alkyl halides is 3. The Morgan fingerprint density at radius 3 is 2.60 bits per heavy atom. The van der Waals surface area contributed by atoms with Crippen molar-refractivity contribution in [3.05, 3.63) is 69.7 Å². The molecule has 0 radical (unpaired) electrons. The minimum absolute atomic E-state index is 0.347. The smallest absolute Gasteiger partial charge is 0.384 e. The molecule has 0 saturated carbocycles. The summed E-state index contributed by atoms with van der Waals surface area (Å²) in [6, 6.07) is 9.49. The molecule has 0 fully saturated rings. The molecule has 3 nitrogen and oxygen atoms in total. The first kappa shape index (κ1) is 22.5. The van der Waals surface area contributed by atoms with Crippen molar-refractivity contribution in [2.45, 2.75) is 32.9 Å². The minimum atomic E-state index is -4.46. The number of hydrogen-bond acceptors (Lipinski definition) is 3. The summed E-state index contributed by atoms with van der Waals surface area (Å²) in [6.45, 7) is 3.84. The van der Waals surface area contributed by atoms with Crippen LogP contribution in [0.25, 0.3) is 11.3 Å². The van der Waals surface area contributed by atoms with E-state index in [0.717, 1.165) is 33.8 Å². The van der Waals surface area contributed by atoms with Crippen LogP contribution in [0.5, 0.6) is 0 Å². The van der Waals surface area contributed by atoms with Gasteiger partial charge in [-0.15, -0.1) is 9.24 Å². The van der Waals surface area contributed by atoms with Crippen molar-refractivity contribution in [1.29, 1.82) is 0 Å². The molecule has 158 valence electrons. The van der Waals surface area contributed by atoms with Gasteiger partial charge in [-0.3, -0.25) is 4.99 Å². The fourth-order valence-electron chi connectivity index (χ4n) is 3.25. The van der Waals surface area contributed by atoms with Gasteiger partial charge in [-0.2, -0.15) is 13.2 Å². The van der Waals surface area contributed by atoms with E-state index in [0.29, 0.717) is 35.0 Å². The largest absolute Gasteiger partial charge is 0.430 e. The number of pyridine rings is 1. The van der Waals surface area contributed by atoms with Crippen LogP contribution in [0.15, 0.2) is 58.4 Å². The summed E-state index contributed by atoms with van der Waals surface area (Å²) in [5.41, 5.74) is 4.33. The lowest BCUT2D eigenvalue weighted by Crippen LogP contribution is -2.23. The summed E-state index contributed by atoms with van der Waals surface area (Å²) in [7, 11) is 3.85. The first-order valence-electron chi connectivity index (χ1n) is 9.43. The number of nitrogens with one attached hydrogen (secondary N) is 1. The van der Waals surface area contributed by atoms with Crippen molar-refractivity contribution in [3.8, 4) is 11.3 Å². The lowest BCUT2D eigenvalue weighted by Gasteiger charge is -2.11. The van der Waals surface area contributed by atoms with Crippen LogP contribution in [0, 0.1) is 6.92 Å². The number of aromatic nitrogens is 1. The van der Waals surface area contributed by atoms with Crippen molar-refractivity contribution in [2.24, 2.45) is 4.99 Å². The normalized spacial score (nSPS) is 14.9. The molecule has 1 unspecified atom stereocenters. The third-order valence-electron chi connectivity index (χ3n) is 4.94. The van der Waals surface area contributed by atoms with Gasteiger partial charge in [0.1, 0.15) is 5.70 Å². The van der Waals surface area contributed by atoms with Gasteiger partial charge in [0.05, 0.1) is 22.8 Å². The average Bonchev–Trinajstić information content (AvgIpc) is 3.10. The molecule has 0 spiro atoms. The van der Waals surface area contributed by atoms with E-state index in [9.17, 15) is 13.2 Å². The molecule has 1 aliphatic heterocycles. The fourth-order valence-corrected chi connectivity index (χ4v) is 3.64. The van der Waals surface area contributed by atoms with Crippen LogP contribution in [-0.4, -0.2) is 23.9 Å². The SMILES string of the molecule is CCC1=C(/C=C(\NC)C(F)(F)F)N=C(c2nc(-c3ccc(Cl)c(P)c3)ccc2C)C1. The van der Waals surface area contributed by atoms with Gasteiger partial charge in [0, 0.05) is 24.1 Å². The molecule has 3 rings (SSSR count). The van der Waals surface area contributed by atoms with Gasteiger partial charge in [-0.1, -0.05) is 30.7 Å². The van der Waals surface area contributed by atoms with E-state index in [1.807, 2.05) is 44.2 Å². The van der Waals surface area contributed by atoms with Gasteiger partial charge in [0.15, 0.2) is 0 Å². The molecule has 1 aromatic carbocycles. The Morgan fingerprint density at radius 2 is 2.00 bits per heavy atom. The van der Waals surface area contributed by atoms with Crippen LogP contribution in [0.4, 0.5) is 13.2 Å². The summed E-state index contributed by atoms with van der Waals surface area (Å²) in [6.07, 6.45) is -2.30. The predicted molar refractivity (Wildman–Crippen MR) is 120 cm³/mol. The van der Waals surface area contributed by atoms with Crippen LogP contribution >= 0.6 is 20.8 Å². The third-order valence-corrected chi connectivity index (χ3v) is 5.95. The van der Waals surface area contributed by atoms with Crippen LogP contribution in [0.3, 0.4) is 0 Å². The van der Waals surface area contributed by atoms with E-state index < -0.39 is 11.9 Å². The monoisotopic (exact) mass is 451 g/mol. The van der Waals surface area contributed by atoms with Gasteiger partial charge < -0.3 is 5.32 Å². The number of rotatable bonds is 5. The van der Waals surface area contributed by atoms with Crippen LogP contribution in [-0.2, 0) is 0 Å². The number of hydrogen-bond donors (Lipinski definition) is 1. The molecule has 1 N–H and O–H groups in total. The highest BCUT2D eigenvalue weighted by molar-refractivity contribution is 7.28. The maximum absolute atomic E-state index is 13.2. The van der Waals surface area contributed by atoms with E-state index in [4.69, 9.17) is 16.6 Å². The zero-order valence-corrected chi connectivity index (χ0v) is 18.8. The minimum Gasteiger partial charge on any atom is -0.384 e. The summed E-state index contributed by atoms with van der Waals surface area (Å²) in [5, 5.41) is 3.74.